The van der Waals surface area contributed by atoms with Gasteiger partial charge in [-0.25, -0.2) is 0 Å². The van der Waals surface area contributed by atoms with Gasteiger partial charge in [-0.2, -0.15) is 0 Å². The van der Waals surface area contributed by atoms with Crippen molar-refractivity contribution >= 4 is 11.6 Å². The number of ether oxygens (including phenoxy) is 1. The quantitative estimate of drug-likeness (QED) is 0.331. The van der Waals surface area contributed by atoms with Crippen LogP contribution in [0.15, 0.2) is 46.8 Å². The molecule has 0 unspecified atom stereocenters. The van der Waals surface area contributed by atoms with Crippen molar-refractivity contribution in [3.05, 3.63) is 52.4 Å². The molecule has 2 aliphatic carbocycles. The molecule has 0 atom stereocenters. The first-order valence-corrected chi connectivity index (χ1v) is 14.0. The fourth-order valence-electron chi connectivity index (χ4n) is 6.50. The van der Waals surface area contributed by atoms with Crippen molar-refractivity contribution < 1.29 is 14.3 Å². The highest BCUT2D eigenvalue weighted by atomic mass is 16.5. The highest BCUT2D eigenvalue weighted by Gasteiger charge is 2.48. The molecular formula is C32H45NO3. The maximum atomic E-state index is 13.8. The van der Waals surface area contributed by atoms with E-state index in [1.54, 1.807) is 7.11 Å². The second kappa shape index (κ2) is 10.6. The van der Waals surface area contributed by atoms with Gasteiger partial charge < -0.3 is 9.64 Å². The number of ketones is 2. The van der Waals surface area contributed by atoms with Gasteiger partial charge in [0.05, 0.1) is 7.11 Å². The van der Waals surface area contributed by atoms with Crippen LogP contribution in [0.5, 0.6) is 5.75 Å². The van der Waals surface area contributed by atoms with Crippen LogP contribution in [0.1, 0.15) is 110 Å². The third-order valence-corrected chi connectivity index (χ3v) is 8.21. The fraction of sp³-hybridized carbons (Fsp3) is 0.625. The minimum absolute atomic E-state index is 0.0774. The number of hydrogen-bond donors (Lipinski definition) is 0. The van der Waals surface area contributed by atoms with Crippen LogP contribution < -0.4 is 4.74 Å². The van der Waals surface area contributed by atoms with E-state index < -0.39 is 0 Å². The van der Waals surface area contributed by atoms with Gasteiger partial charge in [0.2, 0.25) is 0 Å². The molecule has 1 aromatic rings. The molecule has 0 bridgehead atoms. The van der Waals surface area contributed by atoms with Crippen molar-refractivity contribution in [2.45, 2.75) is 105 Å². The summed E-state index contributed by atoms with van der Waals surface area (Å²) < 4.78 is 5.40. The van der Waals surface area contributed by atoms with E-state index in [0.29, 0.717) is 12.8 Å². The summed E-state index contributed by atoms with van der Waals surface area (Å²) in [4.78, 5) is 30.1. The molecule has 1 aliphatic heterocycles. The van der Waals surface area contributed by atoms with E-state index in [0.717, 1.165) is 48.3 Å². The van der Waals surface area contributed by atoms with Gasteiger partial charge >= 0.3 is 0 Å². The van der Waals surface area contributed by atoms with Crippen molar-refractivity contribution in [3.63, 3.8) is 0 Å². The lowest BCUT2D eigenvalue weighted by Gasteiger charge is -2.49. The predicted molar refractivity (Wildman–Crippen MR) is 146 cm³/mol. The molecule has 196 valence electrons. The van der Waals surface area contributed by atoms with E-state index in [2.05, 4.69) is 39.5 Å². The number of methoxy groups -OCH3 is 1. The number of hydrogen-bond acceptors (Lipinski definition) is 4. The van der Waals surface area contributed by atoms with Crippen LogP contribution in [0.2, 0.25) is 0 Å². The molecular weight excluding hydrogens is 446 g/mol. The van der Waals surface area contributed by atoms with Gasteiger partial charge in [-0.15, -0.1) is 0 Å². The average molecular weight is 492 g/mol. The Balaban J connectivity index is 1.80. The fourth-order valence-corrected chi connectivity index (χ4v) is 6.50. The van der Waals surface area contributed by atoms with Gasteiger partial charge in [-0.1, -0.05) is 78.9 Å². The zero-order valence-corrected chi connectivity index (χ0v) is 23.3. The molecule has 4 rings (SSSR count). The van der Waals surface area contributed by atoms with Crippen LogP contribution in [-0.2, 0) is 9.59 Å². The Morgan fingerprint density at radius 2 is 1.28 bits per heavy atom. The number of carbonyl (C=O) groups excluding carboxylic acids is 2. The van der Waals surface area contributed by atoms with Gasteiger partial charge in [0, 0.05) is 47.8 Å². The molecule has 0 amide bonds. The van der Waals surface area contributed by atoms with Crippen LogP contribution in [0.25, 0.3) is 0 Å². The Morgan fingerprint density at radius 3 is 1.78 bits per heavy atom. The first-order valence-electron chi connectivity index (χ1n) is 14.0. The maximum Gasteiger partial charge on any atom is 0.162 e. The molecule has 0 radical (unpaired) electrons. The predicted octanol–water partition coefficient (Wildman–Crippen LogP) is 7.74. The zero-order valence-electron chi connectivity index (χ0n) is 23.3. The number of rotatable bonds is 9. The molecule has 36 heavy (non-hydrogen) atoms. The van der Waals surface area contributed by atoms with Crippen LogP contribution >= 0.6 is 0 Å². The Bertz CT molecular complexity index is 1000. The minimum Gasteiger partial charge on any atom is -0.497 e. The van der Waals surface area contributed by atoms with Gasteiger partial charge in [-0.3, -0.25) is 9.59 Å². The molecule has 4 nitrogen and oxygen atoms in total. The standard InChI is InChI=1S/C32H45NO3/c1-7-8-9-10-11-12-17-33-24-18-31(2,3)20-26(34)29(24)28(22-13-15-23(36-6)16-14-22)30-25(33)19-32(4,5)21-27(30)35/h13-16,28H,7-12,17-21H2,1-6H3. The number of unbranched alkanes of at least 4 members (excludes halogenated alkanes) is 5. The normalized spacial score (nSPS) is 21.6. The van der Waals surface area contributed by atoms with E-state index in [1.165, 1.54) is 43.5 Å². The monoisotopic (exact) mass is 491 g/mol. The van der Waals surface area contributed by atoms with Crippen LogP contribution in [0.3, 0.4) is 0 Å². The second-order valence-corrected chi connectivity index (χ2v) is 12.7. The SMILES string of the molecule is CCCCCCCCN1C2=C(C(=O)CC(C)(C)C2)C(c2ccc(OC)cc2)C2=C1CC(C)(C)CC2=O. The van der Waals surface area contributed by atoms with Crippen molar-refractivity contribution in [2.75, 3.05) is 13.7 Å². The summed E-state index contributed by atoms with van der Waals surface area (Å²) in [5, 5.41) is 0. The summed E-state index contributed by atoms with van der Waals surface area (Å²) >= 11 is 0. The minimum atomic E-state index is -0.270. The molecule has 0 fully saturated rings. The van der Waals surface area contributed by atoms with E-state index in [-0.39, 0.29) is 28.3 Å². The summed E-state index contributed by atoms with van der Waals surface area (Å²) in [5.74, 6) is 0.933. The van der Waals surface area contributed by atoms with Crippen molar-refractivity contribution in [3.8, 4) is 5.75 Å². The number of nitrogens with zero attached hydrogens (tertiary/aromatic N) is 1. The Kier molecular flexibility index (Phi) is 7.83. The van der Waals surface area contributed by atoms with Crippen molar-refractivity contribution in [1.29, 1.82) is 0 Å². The lowest BCUT2D eigenvalue weighted by Crippen LogP contribution is -2.44. The van der Waals surface area contributed by atoms with Crippen LogP contribution in [-0.4, -0.2) is 30.1 Å². The topological polar surface area (TPSA) is 46.6 Å². The Hall–Kier alpha value is -2.36. The number of allylic oxidation sites excluding steroid dienone is 4. The van der Waals surface area contributed by atoms with E-state index in [4.69, 9.17) is 4.74 Å². The van der Waals surface area contributed by atoms with E-state index in [1.807, 2.05) is 24.3 Å². The van der Waals surface area contributed by atoms with E-state index in [9.17, 15) is 9.59 Å². The summed E-state index contributed by atoms with van der Waals surface area (Å²) in [6.07, 6.45) is 10.2. The van der Waals surface area contributed by atoms with Crippen molar-refractivity contribution in [1.82, 2.24) is 4.90 Å². The third kappa shape index (κ3) is 5.48. The largest absolute Gasteiger partial charge is 0.497 e. The third-order valence-electron chi connectivity index (χ3n) is 8.21. The van der Waals surface area contributed by atoms with Gasteiger partial charge in [0.1, 0.15) is 5.75 Å². The molecule has 1 heterocycles. The van der Waals surface area contributed by atoms with Gasteiger partial charge in [0.25, 0.3) is 0 Å². The smallest absolute Gasteiger partial charge is 0.162 e. The maximum absolute atomic E-state index is 13.8. The zero-order chi connectivity index (χ0) is 26.1. The Morgan fingerprint density at radius 1 is 0.778 bits per heavy atom. The van der Waals surface area contributed by atoms with Crippen LogP contribution in [0.4, 0.5) is 0 Å². The number of benzene rings is 1. The van der Waals surface area contributed by atoms with E-state index >= 15 is 0 Å². The second-order valence-electron chi connectivity index (χ2n) is 12.7. The summed E-state index contributed by atoms with van der Waals surface area (Å²) in [7, 11) is 1.66. The molecule has 3 aliphatic rings. The molecule has 0 saturated carbocycles. The van der Waals surface area contributed by atoms with Gasteiger partial charge in [-0.05, 0) is 47.8 Å². The lowest BCUT2D eigenvalue weighted by molar-refractivity contribution is -0.119. The summed E-state index contributed by atoms with van der Waals surface area (Å²) in [5.41, 5.74) is 4.97. The first kappa shape index (κ1) is 26.7. The highest BCUT2D eigenvalue weighted by molar-refractivity contribution is 6.06. The van der Waals surface area contributed by atoms with Crippen LogP contribution in [0, 0.1) is 10.8 Å². The molecule has 0 N–H and O–H groups in total. The number of Topliss-reactive ketones (excluding diaryl/α,β-unsaturated/α-hetero) is 2. The molecule has 4 heteroatoms. The molecule has 0 saturated heterocycles. The Labute approximate surface area is 218 Å². The molecule has 0 aromatic heterocycles. The lowest BCUT2D eigenvalue weighted by atomic mass is 9.63. The summed E-state index contributed by atoms with van der Waals surface area (Å²) in [6, 6.07) is 7.99. The van der Waals surface area contributed by atoms with Crippen molar-refractivity contribution in [2.24, 2.45) is 10.8 Å². The van der Waals surface area contributed by atoms with Gasteiger partial charge in [0.15, 0.2) is 11.6 Å². The summed E-state index contributed by atoms with van der Waals surface area (Å²) in [6.45, 7) is 12.0. The highest BCUT2D eigenvalue weighted by Crippen LogP contribution is 2.54. The molecule has 1 aromatic carbocycles. The number of carbonyl (C=O) groups is 2. The first-order chi connectivity index (χ1) is 17.1. The average Bonchev–Trinajstić information content (AvgIpc) is 2.80. The molecule has 0 spiro atoms.